The summed E-state index contributed by atoms with van der Waals surface area (Å²) in [6.45, 7) is 0. The van der Waals surface area contributed by atoms with E-state index in [1.54, 1.807) is 36.4 Å². The minimum absolute atomic E-state index is 0.0712. The summed E-state index contributed by atoms with van der Waals surface area (Å²) in [6.07, 6.45) is 0. The minimum Gasteiger partial charge on any atom is -0.322 e. The van der Waals surface area contributed by atoms with Crippen molar-refractivity contribution in [2.75, 3.05) is 5.32 Å². The summed E-state index contributed by atoms with van der Waals surface area (Å²) in [6, 6.07) is 19.2. The molecule has 3 rings (SSSR count). The number of benzene rings is 3. The maximum atomic E-state index is 13.7. The van der Waals surface area contributed by atoms with Gasteiger partial charge < -0.3 is 5.32 Å². The molecular weight excluding hydrogens is 367 g/mol. The quantitative estimate of drug-likeness (QED) is 0.358. The molecule has 0 aliphatic heterocycles. The summed E-state index contributed by atoms with van der Waals surface area (Å²) < 4.78 is 13.7. The number of nitro groups is 1. The van der Waals surface area contributed by atoms with Crippen LogP contribution in [0.5, 0.6) is 0 Å². The molecule has 0 bridgehead atoms. The van der Waals surface area contributed by atoms with Gasteiger partial charge in [-0.25, -0.2) is 4.39 Å². The highest BCUT2D eigenvalue weighted by atomic mass is 32.2. The van der Waals surface area contributed by atoms with Crippen LogP contribution in [0.2, 0.25) is 0 Å². The molecule has 0 atom stereocenters. The fourth-order valence-electron chi connectivity index (χ4n) is 2.38. The first kappa shape index (κ1) is 18.6. The molecule has 3 aromatic rings. The Bertz CT molecular complexity index is 977. The number of nitro benzene ring substituents is 1. The van der Waals surface area contributed by atoms with E-state index in [2.05, 4.69) is 5.32 Å². The molecule has 0 spiro atoms. The van der Waals surface area contributed by atoms with Crippen LogP contribution in [0.3, 0.4) is 0 Å². The molecule has 0 radical (unpaired) electrons. The van der Waals surface area contributed by atoms with Gasteiger partial charge in [0.15, 0.2) is 0 Å². The molecule has 1 N–H and O–H groups in total. The fourth-order valence-corrected chi connectivity index (χ4v) is 3.32. The second-order valence-electron chi connectivity index (χ2n) is 5.67. The van der Waals surface area contributed by atoms with Crippen LogP contribution in [0.25, 0.3) is 0 Å². The van der Waals surface area contributed by atoms with Gasteiger partial charge in [0.25, 0.3) is 11.6 Å². The number of hydrogen-bond donors (Lipinski definition) is 1. The lowest BCUT2D eigenvalue weighted by atomic mass is 10.2. The standard InChI is InChI=1S/C20H15FN2O3S/c21-19-7-2-1-4-15(19)13-27-18-6-3-5-16(12-18)22-20(24)14-8-10-17(11-9-14)23(25)26/h1-12H,13H2,(H,22,24). The average molecular weight is 382 g/mol. The number of carbonyl (C=O) groups is 1. The monoisotopic (exact) mass is 382 g/mol. The van der Waals surface area contributed by atoms with Gasteiger partial charge in [-0.05, 0) is 42.0 Å². The predicted molar refractivity (Wildman–Crippen MR) is 103 cm³/mol. The van der Waals surface area contributed by atoms with E-state index < -0.39 is 4.92 Å². The Balaban J connectivity index is 1.65. The van der Waals surface area contributed by atoms with Crippen LogP contribution in [-0.4, -0.2) is 10.8 Å². The number of amides is 1. The largest absolute Gasteiger partial charge is 0.322 e. The molecule has 27 heavy (non-hydrogen) atoms. The lowest BCUT2D eigenvalue weighted by Gasteiger charge is -2.08. The van der Waals surface area contributed by atoms with E-state index in [1.165, 1.54) is 42.1 Å². The summed E-state index contributed by atoms with van der Waals surface area (Å²) in [4.78, 5) is 23.3. The van der Waals surface area contributed by atoms with Crippen LogP contribution in [0.1, 0.15) is 15.9 Å². The Labute approximate surface area is 159 Å². The molecule has 3 aromatic carbocycles. The molecule has 7 heteroatoms. The average Bonchev–Trinajstić information content (AvgIpc) is 2.68. The van der Waals surface area contributed by atoms with E-state index in [1.807, 2.05) is 6.07 Å². The van der Waals surface area contributed by atoms with E-state index >= 15 is 0 Å². The fraction of sp³-hybridized carbons (Fsp3) is 0.0500. The molecule has 0 fully saturated rings. The zero-order valence-corrected chi connectivity index (χ0v) is 14.9. The molecule has 0 aliphatic rings. The minimum atomic E-state index is -0.516. The number of nitrogens with zero attached hydrogens (tertiary/aromatic N) is 1. The van der Waals surface area contributed by atoms with Gasteiger partial charge in [-0.15, -0.1) is 11.8 Å². The summed E-state index contributed by atoms with van der Waals surface area (Å²) >= 11 is 1.46. The highest BCUT2D eigenvalue weighted by Crippen LogP contribution is 2.26. The van der Waals surface area contributed by atoms with Gasteiger partial charge >= 0.3 is 0 Å². The smallest absolute Gasteiger partial charge is 0.269 e. The van der Waals surface area contributed by atoms with E-state index in [-0.39, 0.29) is 17.4 Å². The molecular formula is C20H15FN2O3S. The Hall–Kier alpha value is -3.19. The molecule has 0 aromatic heterocycles. The molecule has 136 valence electrons. The van der Waals surface area contributed by atoms with Crippen LogP contribution >= 0.6 is 11.8 Å². The van der Waals surface area contributed by atoms with Gasteiger partial charge in [-0.2, -0.15) is 0 Å². The summed E-state index contributed by atoms with van der Waals surface area (Å²) in [5.41, 5.74) is 1.46. The molecule has 1 amide bonds. The van der Waals surface area contributed by atoms with Crippen molar-refractivity contribution in [1.82, 2.24) is 0 Å². The number of rotatable bonds is 6. The van der Waals surface area contributed by atoms with Gasteiger partial charge in [0.1, 0.15) is 5.82 Å². The molecule has 0 heterocycles. The Morgan fingerprint density at radius 3 is 2.48 bits per heavy atom. The van der Waals surface area contributed by atoms with Crippen molar-refractivity contribution in [2.24, 2.45) is 0 Å². The summed E-state index contributed by atoms with van der Waals surface area (Å²) in [5.74, 6) is -0.124. The number of hydrogen-bond acceptors (Lipinski definition) is 4. The van der Waals surface area contributed by atoms with Crippen molar-refractivity contribution < 1.29 is 14.1 Å². The van der Waals surface area contributed by atoms with Crippen molar-refractivity contribution in [3.05, 3.63) is 99.9 Å². The van der Waals surface area contributed by atoms with Crippen molar-refractivity contribution in [2.45, 2.75) is 10.6 Å². The third-order valence-corrected chi connectivity index (χ3v) is 4.83. The van der Waals surface area contributed by atoms with Crippen LogP contribution in [0, 0.1) is 15.9 Å². The first-order valence-corrected chi connectivity index (χ1v) is 9.03. The predicted octanol–water partition coefficient (Wildman–Crippen LogP) is 5.28. The zero-order chi connectivity index (χ0) is 19.2. The highest BCUT2D eigenvalue weighted by molar-refractivity contribution is 7.98. The number of thioether (sulfide) groups is 1. The van der Waals surface area contributed by atoms with E-state index in [9.17, 15) is 19.3 Å². The van der Waals surface area contributed by atoms with Crippen LogP contribution < -0.4 is 5.32 Å². The third kappa shape index (κ3) is 4.92. The van der Waals surface area contributed by atoms with Gasteiger partial charge in [0.05, 0.1) is 4.92 Å². The SMILES string of the molecule is O=C(Nc1cccc(SCc2ccccc2F)c1)c1ccc([N+](=O)[O-])cc1. The number of carbonyl (C=O) groups excluding carboxylic acids is 1. The Morgan fingerprint density at radius 1 is 1.04 bits per heavy atom. The first-order chi connectivity index (χ1) is 13.0. The normalized spacial score (nSPS) is 10.4. The van der Waals surface area contributed by atoms with Gasteiger partial charge in [0, 0.05) is 34.0 Å². The second-order valence-corrected chi connectivity index (χ2v) is 6.71. The van der Waals surface area contributed by atoms with Crippen LogP contribution in [-0.2, 0) is 5.75 Å². The summed E-state index contributed by atoms with van der Waals surface area (Å²) in [7, 11) is 0. The molecule has 0 unspecified atom stereocenters. The molecule has 0 aliphatic carbocycles. The topological polar surface area (TPSA) is 72.2 Å². The third-order valence-electron chi connectivity index (χ3n) is 3.78. The second kappa shape index (κ2) is 8.46. The highest BCUT2D eigenvalue weighted by Gasteiger charge is 2.10. The number of nitrogens with one attached hydrogen (secondary N) is 1. The van der Waals surface area contributed by atoms with Crippen molar-refractivity contribution in [3.8, 4) is 0 Å². The van der Waals surface area contributed by atoms with E-state index in [0.29, 0.717) is 22.6 Å². The zero-order valence-electron chi connectivity index (χ0n) is 14.1. The van der Waals surface area contributed by atoms with Crippen LogP contribution in [0.4, 0.5) is 15.8 Å². The molecule has 0 saturated carbocycles. The maximum Gasteiger partial charge on any atom is 0.269 e. The van der Waals surface area contributed by atoms with Gasteiger partial charge in [-0.3, -0.25) is 14.9 Å². The van der Waals surface area contributed by atoms with Gasteiger partial charge in [0.2, 0.25) is 0 Å². The van der Waals surface area contributed by atoms with E-state index in [0.717, 1.165) is 4.90 Å². The first-order valence-electron chi connectivity index (χ1n) is 8.05. The number of anilines is 1. The van der Waals surface area contributed by atoms with E-state index in [4.69, 9.17) is 0 Å². The van der Waals surface area contributed by atoms with Crippen LogP contribution in [0.15, 0.2) is 77.7 Å². The summed E-state index contributed by atoms with van der Waals surface area (Å²) in [5, 5.41) is 13.4. The lowest BCUT2D eigenvalue weighted by molar-refractivity contribution is -0.384. The van der Waals surface area contributed by atoms with Gasteiger partial charge in [-0.1, -0.05) is 24.3 Å². The number of halogens is 1. The Morgan fingerprint density at radius 2 is 1.78 bits per heavy atom. The molecule has 5 nitrogen and oxygen atoms in total. The van der Waals surface area contributed by atoms with Crippen molar-refractivity contribution in [1.29, 1.82) is 0 Å². The van der Waals surface area contributed by atoms with Crippen molar-refractivity contribution in [3.63, 3.8) is 0 Å². The number of non-ortho nitro benzene ring substituents is 1. The molecule has 0 saturated heterocycles. The maximum absolute atomic E-state index is 13.7. The van der Waals surface area contributed by atoms with Crippen molar-refractivity contribution >= 4 is 29.0 Å². The Kier molecular flexibility index (Phi) is 5.83. The lowest BCUT2D eigenvalue weighted by Crippen LogP contribution is -2.11.